The molecule has 0 aliphatic rings. The van der Waals surface area contributed by atoms with E-state index in [1.54, 1.807) is 0 Å². The first-order valence-corrected chi connectivity index (χ1v) is 6.46. The molecule has 20 heavy (non-hydrogen) atoms. The molecule has 0 aliphatic heterocycles. The van der Waals surface area contributed by atoms with E-state index in [-0.39, 0.29) is 28.9 Å². The summed E-state index contributed by atoms with van der Waals surface area (Å²) in [4.78, 5) is 13.0. The van der Waals surface area contributed by atoms with Crippen LogP contribution < -0.4 is 11.1 Å². The van der Waals surface area contributed by atoms with Gasteiger partial charge in [-0.15, -0.1) is 0 Å². The second-order valence-corrected chi connectivity index (χ2v) is 5.48. The largest absolute Gasteiger partial charge is 0.478 e. The van der Waals surface area contributed by atoms with Gasteiger partial charge >= 0.3 is 5.97 Å². The van der Waals surface area contributed by atoms with Crippen molar-refractivity contribution < 1.29 is 14.3 Å². The van der Waals surface area contributed by atoms with Crippen molar-refractivity contribution in [3.05, 3.63) is 23.5 Å². The van der Waals surface area contributed by atoms with E-state index in [4.69, 9.17) is 10.8 Å². The molecule has 0 aliphatic carbocycles. The molecule has 1 unspecified atom stereocenters. The summed E-state index contributed by atoms with van der Waals surface area (Å²) in [6, 6.07) is 2.29. The van der Waals surface area contributed by atoms with Gasteiger partial charge in [-0.3, -0.25) is 0 Å². The summed E-state index contributed by atoms with van der Waals surface area (Å²) >= 11 is 0. The van der Waals surface area contributed by atoms with E-state index in [9.17, 15) is 9.18 Å². The van der Waals surface area contributed by atoms with E-state index in [0.717, 1.165) is 6.07 Å². The number of nitrogens with zero attached hydrogens (tertiary/aromatic N) is 1. The number of aromatic carboxylic acids is 1. The minimum Gasteiger partial charge on any atom is -0.478 e. The van der Waals surface area contributed by atoms with Gasteiger partial charge in [-0.1, -0.05) is 13.8 Å². The molecule has 6 heteroatoms. The number of rotatable bonds is 6. The van der Waals surface area contributed by atoms with Crippen LogP contribution in [0.4, 0.5) is 15.8 Å². The predicted octanol–water partition coefficient (Wildman–Crippen LogP) is 2.10. The fourth-order valence-corrected chi connectivity index (χ4v) is 1.90. The Hall–Kier alpha value is -1.82. The van der Waals surface area contributed by atoms with Crippen LogP contribution in [0, 0.1) is 11.7 Å². The van der Waals surface area contributed by atoms with Crippen LogP contribution in [0.2, 0.25) is 0 Å². The number of benzene rings is 1. The molecule has 0 radical (unpaired) electrons. The maximum Gasteiger partial charge on any atom is 0.337 e. The summed E-state index contributed by atoms with van der Waals surface area (Å²) < 4.78 is 13.9. The zero-order valence-electron chi connectivity index (χ0n) is 12.3. The molecule has 1 aromatic carbocycles. The minimum atomic E-state index is -1.17. The Bertz CT molecular complexity index is 490. The molecule has 0 saturated carbocycles. The summed E-state index contributed by atoms with van der Waals surface area (Å²) in [7, 11) is 3.86. The van der Waals surface area contributed by atoms with Crippen molar-refractivity contribution in [3.63, 3.8) is 0 Å². The Kier molecular flexibility index (Phi) is 5.33. The topological polar surface area (TPSA) is 78.6 Å². The first-order chi connectivity index (χ1) is 9.22. The van der Waals surface area contributed by atoms with Gasteiger partial charge < -0.3 is 21.1 Å². The molecule has 0 amide bonds. The zero-order valence-corrected chi connectivity index (χ0v) is 12.3. The number of likely N-dealkylation sites (N-methyl/N-ethyl adjacent to an activating group) is 1. The monoisotopic (exact) mass is 283 g/mol. The van der Waals surface area contributed by atoms with Crippen molar-refractivity contribution in [3.8, 4) is 0 Å². The Morgan fingerprint density at radius 2 is 2.05 bits per heavy atom. The van der Waals surface area contributed by atoms with Gasteiger partial charge in [0.05, 0.1) is 11.3 Å². The normalized spacial score (nSPS) is 12.8. The van der Waals surface area contributed by atoms with Crippen molar-refractivity contribution in [2.75, 3.05) is 31.7 Å². The van der Waals surface area contributed by atoms with E-state index < -0.39 is 11.8 Å². The molecule has 0 heterocycles. The maximum absolute atomic E-state index is 13.9. The van der Waals surface area contributed by atoms with Crippen molar-refractivity contribution in [2.45, 2.75) is 19.9 Å². The van der Waals surface area contributed by atoms with Crippen LogP contribution in [-0.2, 0) is 0 Å². The van der Waals surface area contributed by atoms with Crippen LogP contribution in [-0.4, -0.2) is 42.7 Å². The molecule has 1 aromatic rings. The van der Waals surface area contributed by atoms with E-state index in [1.807, 2.05) is 32.8 Å². The fraction of sp³-hybridized carbons (Fsp3) is 0.500. The number of nitrogen functional groups attached to an aromatic ring is 1. The van der Waals surface area contributed by atoms with Crippen LogP contribution in [0.1, 0.15) is 24.2 Å². The first-order valence-electron chi connectivity index (χ1n) is 6.46. The van der Waals surface area contributed by atoms with Crippen molar-refractivity contribution in [2.24, 2.45) is 5.92 Å². The number of nitrogens with one attached hydrogen (secondary N) is 1. The number of carboxylic acid groups (broad SMARTS) is 1. The molecule has 0 spiro atoms. The van der Waals surface area contributed by atoms with Crippen molar-refractivity contribution >= 4 is 17.3 Å². The molecule has 1 atom stereocenters. The summed E-state index contributed by atoms with van der Waals surface area (Å²) in [5.74, 6) is -1.45. The lowest BCUT2D eigenvalue weighted by molar-refractivity contribution is 0.0698. The first kappa shape index (κ1) is 16.2. The highest BCUT2D eigenvalue weighted by Crippen LogP contribution is 2.24. The lowest BCUT2D eigenvalue weighted by Crippen LogP contribution is -2.36. The number of carbonyl (C=O) groups is 1. The molecular formula is C14H22FN3O2. The Morgan fingerprint density at radius 3 is 2.50 bits per heavy atom. The molecule has 1 rings (SSSR count). The molecule has 0 aromatic heterocycles. The quantitative estimate of drug-likeness (QED) is 0.697. The third-order valence-corrected chi connectivity index (χ3v) is 3.08. The van der Waals surface area contributed by atoms with Gasteiger partial charge in [0.25, 0.3) is 0 Å². The summed E-state index contributed by atoms with van der Waals surface area (Å²) in [6.45, 7) is 4.76. The van der Waals surface area contributed by atoms with Gasteiger partial charge in [-0.2, -0.15) is 0 Å². The molecule has 0 fully saturated rings. The fourth-order valence-electron chi connectivity index (χ4n) is 1.90. The highest BCUT2D eigenvalue weighted by Gasteiger charge is 2.18. The second kappa shape index (κ2) is 6.56. The van der Waals surface area contributed by atoms with Gasteiger partial charge in [-0.25, -0.2) is 9.18 Å². The third-order valence-electron chi connectivity index (χ3n) is 3.08. The zero-order chi connectivity index (χ0) is 15.4. The average Bonchev–Trinajstić information content (AvgIpc) is 2.30. The highest BCUT2D eigenvalue weighted by atomic mass is 19.1. The maximum atomic E-state index is 13.9. The lowest BCUT2D eigenvalue weighted by Gasteiger charge is -2.27. The van der Waals surface area contributed by atoms with Crippen molar-refractivity contribution in [1.82, 2.24) is 4.90 Å². The number of hydrogen-bond donors (Lipinski definition) is 3. The Balaban J connectivity index is 3.06. The molecule has 5 nitrogen and oxygen atoms in total. The summed E-state index contributed by atoms with van der Waals surface area (Å²) in [5.41, 5.74) is 5.50. The lowest BCUT2D eigenvalue weighted by atomic mass is 10.0. The molecule has 0 saturated heterocycles. The number of hydrogen-bond acceptors (Lipinski definition) is 4. The number of nitrogens with two attached hydrogens (primary N) is 1. The van der Waals surface area contributed by atoms with E-state index >= 15 is 0 Å². The SMILES string of the molecule is CC(C)C(CN(C)C)Nc1cc(C(=O)O)c(N)cc1F. The number of carboxylic acids is 1. The van der Waals surface area contributed by atoms with Gasteiger partial charge in [0, 0.05) is 18.3 Å². The van der Waals surface area contributed by atoms with Crippen LogP contribution >= 0.6 is 0 Å². The smallest absolute Gasteiger partial charge is 0.337 e. The summed E-state index contributed by atoms with van der Waals surface area (Å²) in [5, 5.41) is 12.1. The minimum absolute atomic E-state index is 0.00442. The van der Waals surface area contributed by atoms with Gasteiger partial charge in [-0.05, 0) is 32.1 Å². The van der Waals surface area contributed by atoms with Crippen LogP contribution in [0.25, 0.3) is 0 Å². The van der Waals surface area contributed by atoms with Crippen LogP contribution in [0.15, 0.2) is 12.1 Å². The molecule has 4 N–H and O–H groups in total. The third kappa shape index (κ3) is 4.09. The Labute approximate surface area is 118 Å². The van der Waals surface area contributed by atoms with E-state index in [0.29, 0.717) is 6.54 Å². The average molecular weight is 283 g/mol. The molecule has 112 valence electrons. The van der Waals surface area contributed by atoms with E-state index in [2.05, 4.69) is 5.32 Å². The van der Waals surface area contributed by atoms with Gasteiger partial charge in [0.2, 0.25) is 0 Å². The standard InChI is InChI=1S/C14H22FN3O2/c1-8(2)13(7-18(3)4)17-12-5-9(14(19)20)11(16)6-10(12)15/h5-6,8,13,17H,7,16H2,1-4H3,(H,19,20). The van der Waals surface area contributed by atoms with Gasteiger partial charge in [0.15, 0.2) is 0 Å². The van der Waals surface area contributed by atoms with Crippen LogP contribution in [0.5, 0.6) is 0 Å². The Morgan fingerprint density at radius 1 is 1.45 bits per heavy atom. The molecule has 0 bridgehead atoms. The predicted molar refractivity (Wildman–Crippen MR) is 78.6 cm³/mol. The summed E-state index contributed by atoms with van der Waals surface area (Å²) in [6.07, 6.45) is 0. The van der Waals surface area contributed by atoms with Gasteiger partial charge in [0.1, 0.15) is 5.82 Å². The van der Waals surface area contributed by atoms with E-state index in [1.165, 1.54) is 6.07 Å². The second-order valence-electron chi connectivity index (χ2n) is 5.48. The number of anilines is 2. The van der Waals surface area contributed by atoms with Crippen LogP contribution in [0.3, 0.4) is 0 Å². The highest BCUT2D eigenvalue weighted by molar-refractivity contribution is 5.94. The molecular weight excluding hydrogens is 261 g/mol. The van der Waals surface area contributed by atoms with Crippen molar-refractivity contribution in [1.29, 1.82) is 0 Å². The number of halogens is 1.